The lowest BCUT2D eigenvalue weighted by molar-refractivity contribution is -0.137. The molecule has 5 rings (SSSR count). The Kier molecular flexibility index (Phi) is 8.76. The largest absolute Gasteiger partial charge is 0.497 e. The Morgan fingerprint density at radius 1 is 1.00 bits per heavy atom. The molecule has 8 heteroatoms. The summed E-state index contributed by atoms with van der Waals surface area (Å²) in [4.78, 5) is 28.4. The highest BCUT2D eigenvalue weighted by Crippen LogP contribution is 2.45. The number of halogens is 1. The minimum atomic E-state index is -0.764. The number of carboxylic acid groups (broad SMARTS) is 1. The average Bonchev–Trinajstić information content (AvgIpc) is 3.84. The molecule has 1 N–H and O–H groups in total. The molecule has 0 radical (unpaired) electrons. The number of methoxy groups -OCH3 is 1. The molecule has 3 aromatic rings. The van der Waals surface area contributed by atoms with Crippen molar-refractivity contribution in [3.63, 3.8) is 0 Å². The van der Waals surface area contributed by atoms with Crippen LogP contribution in [0.1, 0.15) is 53.9 Å². The number of ether oxygens (including phenoxy) is 2. The lowest BCUT2D eigenvalue weighted by atomic mass is 9.91. The second kappa shape index (κ2) is 12.6. The van der Waals surface area contributed by atoms with Crippen LogP contribution >= 0.6 is 0 Å². The average molecular weight is 561 g/mol. The summed E-state index contributed by atoms with van der Waals surface area (Å²) in [6, 6.07) is 19.5. The minimum absolute atomic E-state index is 0.0384. The van der Waals surface area contributed by atoms with Crippen molar-refractivity contribution in [1.82, 2.24) is 0 Å². The number of carbonyl (C=O) groups excluding carboxylic acids is 1. The van der Waals surface area contributed by atoms with E-state index in [0.717, 1.165) is 55.8 Å². The first-order chi connectivity index (χ1) is 19.8. The molecular formula is C33H37FN2O5. The van der Waals surface area contributed by atoms with E-state index in [4.69, 9.17) is 9.47 Å². The van der Waals surface area contributed by atoms with Crippen LogP contribution in [-0.4, -0.2) is 50.8 Å². The number of anilines is 2. The highest BCUT2D eigenvalue weighted by Gasteiger charge is 2.34. The first kappa shape index (κ1) is 28.5. The van der Waals surface area contributed by atoms with E-state index in [0.29, 0.717) is 29.8 Å². The van der Waals surface area contributed by atoms with Crippen molar-refractivity contribution in [2.45, 2.75) is 38.0 Å². The number of hydrogen-bond donors (Lipinski definition) is 1. The third-order valence-corrected chi connectivity index (χ3v) is 8.27. The van der Waals surface area contributed by atoms with Gasteiger partial charge in [0.2, 0.25) is 0 Å². The molecule has 1 atom stereocenters. The van der Waals surface area contributed by atoms with E-state index in [1.807, 2.05) is 30.3 Å². The Morgan fingerprint density at radius 3 is 2.44 bits per heavy atom. The van der Waals surface area contributed by atoms with Crippen molar-refractivity contribution < 1.29 is 28.6 Å². The SMILES string of the molecule is COc1ccc(C(=O)N(C)c2ccccc2F)c(N2CCC(COc3cccc(C(CC(=O)O)C4CC4)c3)CC2)c1. The lowest BCUT2D eigenvalue weighted by Gasteiger charge is -2.35. The van der Waals surface area contributed by atoms with E-state index in [9.17, 15) is 19.1 Å². The Bertz CT molecular complexity index is 1380. The predicted octanol–water partition coefficient (Wildman–Crippen LogP) is 6.37. The van der Waals surface area contributed by atoms with Crippen LogP contribution in [0.5, 0.6) is 11.5 Å². The Labute approximate surface area is 240 Å². The van der Waals surface area contributed by atoms with Crippen molar-refractivity contribution in [3.8, 4) is 11.5 Å². The van der Waals surface area contributed by atoms with Gasteiger partial charge in [0.05, 0.1) is 37.1 Å². The summed E-state index contributed by atoms with van der Waals surface area (Å²) < 4.78 is 26.1. The molecule has 41 heavy (non-hydrogen) atoms. The number of carbonyl (C=O) groups is 2. The molecule has 1 unspecified atom stereocenters. The lowest BCUT2D eigenvalue weighted by Crippen LogP contribution is -2.37. The van der Waals surface area contributed by atoms with E-state index in [1.165, 1.54) is 11.0 Å². The van der Waals surface area contributed by atoms with Crippen molar-refractivity contribution in [2.24, 2.45) is 11.8 Å². The van der Waals surface area contributed by atoms with Gasteiger partial charge in [-0.3, -0.25) is 9.59 Å². The zero-order valence-electron chi connectivity index (χ0n) is 23.6. The summed E-state index contributed by atoms with van der Waals surface area (Å²) in [5.41, 5.74) is 2.53. The van der Waals surface area contributed by atoms with Gasteiger partial charge in [0, 0.05) is 26.2 Å². The van der Waals surface area contributed by atoms with Gasteiger partial charge in [0.1, 0.15) is 17.3 Å². The molecule has 1 amide bonds. The fraction of sp³-hybridized carbons (Fsp3) is 0.394. The van der Waals surface area contributed by atoms with Crippen molar-refractivity contribution >= 4 is 23.3 Å². The van der Waals surface area contributed by atoms with Gasteiger partial charge in [-0.05, 0) is 85.4 Å². The minimum Gasteiger partial charge on any atom is -0.497 e. The maximum atomic E-state index is 14.4. The molecule has 0 spiro atoms. The molecule has 1 saturated heterocycles. The number of amides is 1. The highest BCUT2D eigenvalue weighted by molar-refractivity contribution is 6.09. The molecule has 1 aliphatic heterocycles. The standard InChI is InChI=1S/C33H37FN2O5/c1-35(30-9-4-3-8-29(30)34)33(39)27-13-12-25(40-2)19-31(27)36-16-14-22(15-17-36)21-41-26-7-5-6-24(18-26)28(20-32(37)38)23-10-11-23/h3-9,12-13,18-19,22-23,28H,10-11,14-17,20-21H2,1-2H3,(H,37,38). The van der Waals surface area contributed by atoms with Gasteiger partial charge >= 0.3 is 5.97 Å². The summed E-state index contributed by atoms with van der Waals surface area (Å²) in [5, 5.41) is 9.36. The first-order valence-electron chi connectivity index (χ1n) is 14.2. The number of para-hydroxylation sites is 1. The van der Waals surface area contributed by atoms with Crippen LogP contribution < -0.4 is 19.3 Å². The van der Waals surface area contributed by atoms with Gasteiger partial charge in [-0.15, -0.1) is 0 Å². The monoisotopic (exact) mass is 560 g/mol. The van der Waals surface area contributed by atoms with E-state index in [2.05, 4.69) is 4.90 Å². The zero-order chi connectivity index (χ0) is 28.9. The van der Waals surface area contributed by atoms with Gasteiger partial charge in [0.15, 0.2) is 0 Å². The smallest absolute Gasteiger partial charge is 0.303 e. The van der Waals surface area contributed by atoms with Crippen LogP contribution in [0, 0.1) is 17.7 Å². The molecule has 1 saturated carbocycles. The molecule has 3 aromatic carbocycles. The summed E-state index contributed by atoms with van der Waals surface area (Å²) in [5.74, 6) is 0.765. The number of carboxylic acids is 1. The number of hydrogen-bond acceptors (Lipinski definition) is 5. The Balaban J connectivity index is 1.23. The maximum Gasteiger partial charge on any atom is 0.303 e. The molecule has 1 heterocycles. The normalized spacial score (nSPS) is 16.2. The molecule has 2 aliphatic rings. The van der Waals surface area contributed by atoms with Gasteiger partial charge in [0.25, 0.3) is 5.91 Å². The summed E-state index contributed by atoms with van der Waals surface area (Å²) in [6.45, 7) is 2.06. The molecule has 7 nitrogen and oxygen atoms in total. The summed E-state index contributed by atoms with van der Waals surface area (Å²) >= 11 is 0. The number of piperidine rings is 1. The number of rotatable bonds is 11. The highest BCUT2D eigenvalue weighted by atomic mass is 19.1. The zero-order valence-corrected chi connectivity index (χ0v) is 23.6. The van der Waals surface area contributed by atoms with Crippen LogP contribution in [0.4, 0.5) is 15.8 Å². The van der Waals surface area contributed by atoms with Gasteiger partial charge in [-0.25, -0.2) is 4.39 Å². The van der Waals surface area contributed by atoms with E-state index in [-0.39, 0.29) is 23.9 Å². The third kappa shape index (κ3) is 6.81. The van der Waals surface area contributed by atoms with Crippen LogP contribution in [0.2, 0.25) is 0 Å². The summed E-state index contributed by atoms with van der Waals surface area (Å²) in [7, 11) is 3.18. The van der Waals surface area contributed by atoms with E-state index < -0.39 is 11.8 Å². The fourth-order valence-corrected chi connectivity index (χ4v) is 5.73. The second-order valence-electron chi connectivity index (χ2n) is 11.1. The molecule has 216 valence electrons. The van der Waals surface area contributed by atoms with Crippen LogP contribution in [0.25, 0.3) is 0 Å². The van der Waals surface area contributed by atoms with Crippen LogP contribution in [0.15, 0.2) is 66.7 Å². The van der Waals surface area contributed by atoms with Crippen molar-refractivity contribution in [2.75, 3.05) is 43.7 Å². The number of aliphatic carboxylic acids is 1. The molecule has 1 aliphatic carbocycles. The Morgan fingerprint density at radius 2 is 1.76 bits per heavy atom. The van der Waals surface area contributed by atoms with Gasteiger partial charge in [-0.2, -0.15) is 0 Å². The molecule has 0 bridgehead atoms. The number of benzene rings is 3. The molecule has 0 aromatic heterocycles. The van der Waals surface area contributed by atoms with Crippen molar-refractivity contribution in [3.05, 3.63) is 83.7 Å². The summed E-state index contributed by atoms with van der Waals surface area (Å²) in [6.07, 6.45) is 4.09. The van der Waals surface area contributed by atoms with E-state index in [1.54, 1.807) is 44.5 Å². The van der Waals surface area contributed by atoms with Crippen LogP contribution in [0.3, 0.4) is 0 Å². The van der Waals surface area contributed by atoms with Crippen molar-refractivity contribution in [1.29, 1.82) is 0 Å². The topological polar surface area (TPSA) is 79.3 Å². The van der Waals surface area contributed by atoms with Gasteiger partial charge in [-0.1, -0.05) is 24.3 Å². The fourth-order valence-electron chi connectivity index (χ4n) is 5.73. The predicted molar refractivity (Wildman–Crippen MR) is 157 cm³/mol. The van der Waals surface area contributed by atoms with E-state index >= 15 is 0 Å². The maximum absolute atomic E-state index is 14.4. The van der Waals surface area contributed by atoms with Gasteiger partial charge < -0.3 is 24.4 Å². The quantitative estimate of drug-likeness (QED) is 0.293. The first-order valence-corrected chi connectivity index (χ1v) is 14.2. The Hall–Kier alpha value is -4.07. The third-order valence-electron chi connectivity index (χ3n) is 8.27. The molecular weight excluding hydrogens is 523 g/mol. The molecule has 2 fully saturated rings. The second-order valence-corrected chi connectivity index (χ2v) is 11.1. The number of nitrogens with zero attached hydrogens (tertiary/aromatic N) is 2. The van der Waals surface area contributed by atoms with Crippen LogP contribution in [-0.2, 0) is 4.79 Å².